The van der Waals surface area contributed by atoms with Crippen LogP contribution in [-0.2, 0) is 30.5 Å². The summed E-state index contributed by atoms with van der Waals surface area (Å²) < 4.78 is 58.9. The zero-order valence-electron chi connectivity index (χ0n) is 42.0. The normalized spacial score (nSPS) is 11.7. The molecule has 0 aromatic heterocycles. The third-order valence-corrected chi connectivity index (χ3v) is 20.3. The summed E-state index contributed by atoms with van der Waals surface area (Å²) in [7, 11) is -8.62. The minimum Gasteiger partial charge on any atom is -0.741 e. The van der Waals surface area contributed by atoms with Crippen LogP contribution < -0.4 is 31.6 Å². The standard InChI is InChI=1S/C59H59P2Si.CHF3O3S.Pd/c1-38-20-16-21-39(2)56(38)46-32-47(57-40(3)22-17-23-41(57)4)35-50(34-46)61(53-29-13-15-31-55(53)62(11)54-30-14-12-28-52(54)60(9)10)51-36-48(58-42(5)24-18-25-43(58)6)33-49(37-51)59-44(7)26-19-27-45(59)8;2-1(3,4)8(5,6)7;/h12-37H,1-11H3;(H,5,6,7);/p-1. The Balaban J connectivity index is 0.000000844. The molecule has 0 aliphatic carbocycles. The van der Waals surface area contributed by atoms with Crippen LogP contribution in [0.2, 0.25) is 6.55 Å². The fraction of sp³-hybridized carbons (Fsp3) is 0.200. The zero-order valence-corrected chi connectivity index (χ0v) is 47.1. The summed E-state index contributed by atoms with van der Waals surface area (Å²) in [4.78, 5) is 0. The predicted octanol–water partition coefficient (Wildman–Crippen LogP) is 13.2. The third-order valence-electron chi connectivity index (χ3n) is 13.1. The van der Waals surface area contributed by atoms with Gasteiger partial charge in [0.15, 0.2) is 10.1 Å². The van der Waals surface area contributed by atoms with Gasteiger partial charge in [0, 0.05) is 20.4 Å². The van der Waals surface area contributed by atoms with Crippen LogP contribution in [0.1, 0.15) is 44.5 Å². The van der Waals surface area contributed by atoms with Gasteiger partial charge in [-0.2, -0.15) is 13.2 Å². The molecule has 8 rings (SSSR count). The van der Waals surface area contributed by atoms with E-state index in [4.69, 9.17) is 13.0 Å². The minimum absolute atomic E-state index is 0. The molecule has 0 heterocycles. The summed E-state index contributed by atoms with van der Waals surface area (Å²) in [6, 6.07) is 61.0. The minimum atomic E-state index is -6.09. The maximum atomic E-state index is 10.7. The summed E-state index contributed by atoms with van der Waals surface area (Å²) in [6.45, 7) is 25.5. The molecule has 71 heavy (non-hydrogen) atoms. The molecule has 0 N–H and O–H groups in total. The molecule has 0 spiro atoms. The summed E-state index contributed by atoms with van der Waals surface area (Å²) in [6.07, 6.45) is 0. The number of alkyl halides is 3. The maximum absolute atomic E-state index is 10.7. The Morgan fingerprint density at radius 3 is 0.958 bits per heavy atom. The van der Waals surface area contributed by atoms with E-state index >= 15 is 0 Å². The molecule has 0 saturated heterocycles. The Kier molecular flexibility index (Phi) is 17.9. The largest absolute Gasteiger partial charge is 0.741 e. The van der Waals surface area contributed by atoms with Gasteiger partial charge in [-0.3, -0.25) is 0 Å². The van der Waals surface area contributed by atoms with E-state index in [1.54, 1.807) is 0 Å². The molecular weight excluding hydrogens is 1050 g/mol. The molecule has 0 amide bonds. The van der Waals surface area contributed by atoms with E-state index in [0.29, 0.717) is 0 Å². The zero-order chi connectivity index (χ0) is 50.8. The number of rotatable bonds is 10. The van der Waals surface area contributed by atoms with Crippen molar-refractivity contribution in [3.63, 3.8) is 0 Å². The fourth-order valence-electron chi connectivity index (χ4n) is 9.88. The average molecular weight is 1110 g/mol. The van der Waals surface area contributed by atoms with Gasteiger partial charge in [0.2, 0.25) is 0 Å². The number of benzene rings is 8. The number of halogens is 3. The molecule has 0 saturated carbocycles. The van der Waals surface area contributed by atoms with Gasteiger partial charge in [-0.1, -0.05) is 136 Å². The molecule has 0 atom stereocenters. The monoisotopic (exact) mass is 1110 g/mol. The molecule has 8 aromatic rings. The first-order chi connectivity index (χ1) is 33.1. The van der Waals surface area contributed by atoms with Crippen LogP contribution in [0, 0.1) is 55.4 Å². The second kappa shape index (κ2) is 23.0. The van der Waals surface area contributed by atoms with Crippen molar-refractivity contribution in [2.45, 2.75) is 67.4 Å². The molecule has 0 bridgehead atoms. The van der Waals surface area contributed by atoms with Crippen molar-refractivity contribution in [3.8, 4) is 44.5 Å². The number of hydrogen-bond donors (Lipinski definition) is 0. The van der Waals surface area contributed by atoms with Crippen molar-refractivity contribution < 1.29 is 46.6 Å². The Bertz CT molecular complexity index is 2980. The molecule has 369 valence electrons. The van der Waals surface area contributed by atoms with E-state index in [1.165, 1.54) is 121 Å². The molecule has 8 aromatic carbocycles. The van der Waals surface area contributed by atoms with Crippen LogP contribution in [-0.4, -0.2) is 40.6 Å². The van der Waals surface area contributed by atoms with Crippen LogP contribution in [0.3, 0.4) is 0 Å². The van der Waals surface area contributed by atoms with E-state index in [2.05, 4.69) is 233 Å². The molecule has 1 radical (unpaired) electrons. The molecule has 0 aliphatic heterocycles. The molecule has 0 fully saturated rings. The van der Waals surface area contributed by atoms with Gasteiger partial charge in [-0.25, -0.2) is 8.42 Å². The van der Waals surface area contributed by atoms with Crippen LogP contribution >= 0.6 is 15.8 Å². The van der Waals surface area contributed by atoms with E-state index < -0.39 is 32.3 Å². The van der Waals surface area contributed by atoms with Gasteiger partial charge < -0.3 is 4.55 Å². The maximum Gasteiger partial charge on any atom is 0.485 e. The first-order valence-electron chi connectivity index (χ1n) is 23.2. The number of aryl methyl sites for hydroxylation is 8. The van der Waals surface area contributed by atoms with E-state index in [0.717, 1.165) is 0 Å². The Morgan fingerprint density at radius 2 is 0.690 bits per heavy atom. The Labute approximate surface area is 437 Å². The Hall–Kier alpha value is -4.80. The van der Waals surface area contributed by atoms with Gasteiger partial charge in [-0.15, -0.1) is 0 Å². The van der Waals surface area contributed by atoms with Gasteiger partial charge in [0.05, 0.1) is 0 Å². The molecular formula is C60H59F3O3P2PdSSi-. The molecule has 0 aliphatic rings. The average Bonchev–Trinajstić information content (AvgIpc) is 3.28. The van der Waals surface area contributed by atoms with E-state index in [1.807, 2.05) is 0 Å². The van der Waals surface area contributed by atoms with Gasteiger partial charge >= 0.3 is 5.51 Å². The first-order valence-corrected chi connectivity index (χ1v) is 30.1. The molecule has 11 heteroatoms. The second-order valence-corrected chi connectivity index (χ2v) is 26.5. The molecule has 3 nitrogen and oxygen atoms in total. The molecule has 0 unspecified atom stereocenters. The smallest absolute Gasteiger partial charge is 0.485 e. The predicted molar refractivity (Wildman–Crippen MR) is 296 cm³/mol. The number of hydrogen-bond acceptors (Lipinski definition) is 3. The second-order valence-electron chi connectivity index (χ2n) is 18.4. The quantitative estimate of drug-likeness (QED) is 0.0593. The van der Waals surface area contributed by atoms with Crippen molar-refractivity contribution in [2.75, 3.05) is 13.3 Å². The van der Waals surface area contributed by atoms with E-state index in [-0.39, 0.29) is 28.3 Å². The van der Waals surface area contributed by atoms with Gasteiger partial charge in [0.1, 0.15) is 8.80 Å². The first kappa shape index (κ1) is 55.5. The summed E-state index contributed by atoms with van der Waals surface area (Å²) >= 11 is 0. The van der Waals surface area contributed by atoms with Crippen molar-refractivity contribution in [2.24, 2.45) is 0 Å². The van der Waals surface area contributed by atoms with Crippen LogP contribution in [0.4, 0.5) is 13.2 Å². The van der Waals surface area contributed by atoms with Gasteiger partial charge in [-0.05, 0) is 234 Å². The summed E-state index contributed by atoms with van der Waals surface area (Å²) in [5, 5.41) is 8.80. The van der Waals surface area contributed by atoms with Crippen molar-refractivity contribution in [1.82, 2.24) is 0 Å². The fourth-order valence-corrected chi connectivity index (χ4v) is 17.2. The van der Waals surface area contributed by atoms with Crippen molar-refractivity contribution in [1.29, 1.82) is 0 Å². The van der Waals surface area contributed by atoms with Crippen LogP contribution in [0.5, 0.6) is 0 Å². The van der Waals surface area contributed by atoms with Crippen molar-refractivity contribution in [3.05, 3.63) is 202 Å². The Morgan fingerprint density at radius 1 is 0.437 bits per heavy atom. The van der Waals surface area contributed by atoms with Crippen LogP contribution in [0.25, 0.3) is 44.5 Å². The third kappa shape index (κ3) is 12.2. The summed E-state index contributed by atoms with van der Waals surface area (Å²) in [5.74, 6) is 0. The SMILES string of the molecule is Cc1cccc(C)c1-c1cc(-c2c(C)cccc2C)cc(P(c2cc(-c3c(C)cccc3C)cc(-c3c(C)cccc3C)c2)c2ccccc2[Si](C)c2ccccc2P(C)C)c1.O=S(=O)([O-])C(F)(F)F.[Pd]. The van der Waals surface area contributed by atoms with Crippen molar-refractivity contribution >= 4 is 66.3 Å². The van der Waals surface area contributed by atoms with Gasteiger partial charge in [0.25, 0.3) is 0 Å². The summed E-state index contributed by atoms with van der Waals surface area (Å²) in [5.41, 5.74) is 15.3. The van der Waals surface area contributed by atoms with Crippen LogP contribution in [0.15, 0.2) is 158 Å². The topological polar surface area (TPSA) is 57.2 Å². The van der Waals surface area contributed by atoms with E-state index in [9.17, 15) is 13.2 Å².